The Labute approximate surface area is 221 Å². The molecule has 1 N–H and O–H groups in total. The number of fused-ring (bicyclic) bond motifs is 1. The fraction of sp³-hybridized carbons (Fsp3) is 0.407. The van der Waals surface area contributed by atoms with Crippen molar-refractivity contribution in [1.29, 1.82) is 0 Å². The summed E-state index contributed by atoms with van der Waals surface area (Å²) in [7, 11) is 1.63. The summed E-state index contributed by atoms with van der Waals surface area (Å²) in [6, 6.07) is 13.1. The topological polar surface area (TPSA) is 92.2 Å². The maximum Gasteiger partial charge on any atom is 0.253 e. The van der Waals surface area contributed by atoms with Gasteiger partial charge in [-0.1, -0.05) is 17.7 Å². The number of halogens is 1. The van der Waals surface area contributed by atoms with Gasteiger partial charge in [-0.3, -0.25) is 9.69 Å². The van der Waals surface area contributed by atoms with Crippen molar-refractivity contribution < 1.29 is 4.74 Å². The molecule has 0 amide bonds. The second-order valence-electron chi connectivity index (χ2n) is 10.5. The number of nitrogens with zero attached hydrogens (tertiary/aromatic N) is 6. The Morgan fingerprint density at radius 2 is 1.81 bits per heavy atom. The first-order chi connectivity index (χ1) is 17.7. The van der Waals surface area contributed by atoms with E-state index in [0.717, 1.165) is 53.5 Å². The van der Waals surface area contributed by atoms with E-state index in [2.05, 4.69) is 58.0 Å². The number of aryl methyl sites for hydroxylation is 1. The highest BCUT2D eigenvalue weighted by atomic mass is 35.5. The number of ether oxygens (including phenoxy) is 1. The van der Waals surface area contributed by atoms with Crippen LogP contribution >= 0.6 is 11.6 Å². The van der Waals surface area contributed by atoms with Crippen LogP contribution in [0.15, 0.2) is 47.3 Å². The standard InChI is InChI=1S/C27H32ClN7O2/c1-17-6-7-19(28)16-23(17)33-10-12-34(13-11-33)24(25-30-31-32-35(25)27(2,3)4)21-15-18-14-20(37-5)8-9-22(18)29-26(21)36/h6-9,14-16,24H,10-13H2,1-5H3,(H,29,36)/t24-/m0/s1. The van der Waals surface area contributed by atoms with E-state index in [9.17, 15) is 4.79 Å². The number of anilines is 1. The van der Waals surface area contributed by atoms with E-state index in [-0.39, 0.29) is 11.1 Å². The van der Waals surface area contributed by atoms with Crippen LogP contribution in [-0.4, -0.2) is 63.4 Å². The highest BCUT2D eigenvalue weighted by Crippen LogP contribution is 2.32. The van der Waals surface area contributed by atoms with Gasteiger partial charge in [0, 0.05) is 53.4 Å². The third-order valence-electron chi connectivity index (χ3n) is 6.94. The van der Waals surface area contributed by atoms with Crippen molar-refractivity contribution in [3.63, 3.8) is 0 Å². The number of tetrazole rings is 1. The lowest BCUT2D eigenvalue weighted by atomic mass is 10.0. The molecule has 2 aromatic carbocycles. The molecule has 0 aliphatic carbocycles. The van der Waals surface area contributed by atoms with E-state index in [4.69, 9.17) is 16.3 Å². The minimum Gasteiger partial charge on any atom is -0.497 e. The Balaban J connectivity index is 1.56. The van der Waals surface area contributed by atoms with Crippen LogP contribution in [-0.2, 0) is 5.54 Å². The molecular weight excluding hydrogens is 490 g/mol. The van der Waals surface area contributed by atoms with Crippen LogP contribution in [0.2, 0.25) is 5.02 Å². The SMILES string of the molecule is COc1ccc2[nH]c(=O)c([C@@H](c3nnnn3C(C)(C)C)N3CCN(c4cc(Cl)ccc4C)CC3)cc2c1. The zero-order valence-corrected chi connectivity index (χ0v) is 22.6. The number of methoxy groups -OCH3 is 1. The van der Waals surface area contributed by atoms with Gasteiger partial charge in [-0.15, -0.1) is 5.10 Å². The summed E-state index contributed by atoms with van der Waals surface area (Å²) in [5.74, 6) is 1.37. The summed E-state index contributed by atoms with van der Waals surface area (Å²) in [4.78, 5) is 21.2. The van der Waals surface area contributed by atoms with Crippen LogP contribution in [0, 0.1) is 6.92 Å². The summed E-state index contributed by atoms with van der Waals surface area (Å²) in [6.07, 6.45) is 0. The van der Waals surface area contributed by atoms with Crippen molar-refractivity contribution in [2.75, 3.05) is 38.2 Å². The molecule has 0 radical (unpaired) electrons. The van der Waals surface area contributed by atoms with Crippen LogP contribution < -0.4 is 15.2 Å². The van der Waals surface area contributed by atoms with Crippen molar-refractivity contribution in [1.82, 2.24) is 30.1 Å². The lowest BCUT2D eigenvalue weighted by Crippen LogP contribution is -2.49. The molecule has 2 aromatic heterocycles. The van der Waals surface area contributed by atoms with E-state index in [1.165, 1.54) is 5.56 Å². The molecule has 194 valence electrons. The lowest BCUT2D eigenvalue weighted by molar-refractivity contribution is 0.190. The van der Waals surface area contributed by atoms with Gasteiger partial charge in [-0.2, -0.15) is 0 Å². The number of benzene rings is 2. The monoisotopic (exact) mass is 521 g/mol. The van der Waals surface area contributed by atoms with E-state index in [1.807, 2.05) is 47.1 Å². The number of aromatic nitrogens is 5. The summed E-state index contributed by atoms with van der Waals surface area (Å²) in [5.41, 5.74) is 3.17. The molecule has 37 heavy (non-hydrogen) atoms. The van der Waals surface area contributed by atoms with E-state index in [0.29, 0.717) is 11.4 Å². The molecule has 1 fully saturated rings. The average Bonchev–Trinajstić information content (AvgIpc) is 3.36. The van der Waals surface area contributed by atoms with Gasteiger partial charge < -0.3 is 14.6 Å². The molecule has 0 spiro atoms. The molecule has 0 bridgehead atoms. The first-order valence-corrected chi connectivity index (χ1v) is 12.8. The Kier molecular flexibility index (Phi) is 6.68. The van der Waals surface area contributed by atoms with Crippen LogP contribution in [0.5, 0.6) is 5.75 Å². The van der Waals surface area contributed by atoms with Gasteiger partial charge in [0.2, 0.25) is 0 Å². The van der Waals surface area contributed by atoms with E-state index < -0.39 is 6.04 Å². The fourth-order valence-electron chi connectivity index (χ4n) is 5.02. The molecule has 3 heterocycles. The normalized spacial score (nSPS) is 15.8. The molecule has 1 aliphatic rings. The van der Waals surface area contributed by atoms with E-state index >= 15 is 0 Å². The molecule has 4 aromatic rings. The molecular formula is C27H32ClN7O2. The number of pyridine rings is 1. The first kappa shape index (κ1) is 25.2. The molecule has 1 aliphatic heterocycles. The average molecular weight is 522 g/mol. The largest absolute Gasteiger partial charge is 0.497 e. The Morgan fingerprint density at radius 1 is 1.05 bits per heavy atom. The molecule has 1 saturated heterocycles. The molecule has 10 heteroatoms. The van der Waals surface area contributed by atoms with Gasteiger partial charge in [0.15, 0.2) is 5.82 Å². The van der Waals surface area contributed by atoms with Crippen molar-refractivity contribution in [2.24, 2.45) is 0 Å². The third-order valence-corrected chi connectivity index (χ3v) is 7.17. The second-order valence-corrected chi connectivity index (χ2v) is 10.9. The third kappa shape index (κ3) is 4.93. The molecule has 0 saturated carbocycles. The van der Waals surface area contributed by atoms with Gasteiger partial charge in [0.25, 0.3) is 5.56 Å². The zero-order chi connectivity index (χ0) is 26.3. The van der Waals surface area contributed by atoms with Crippen molar-refractivity contribution >= 4 is 28.2 Å². The van der Waals surface area contributed by atoms with Crippen LogP contribution in [0.3, 0.4) is 0 Å². The minimum absolute atomic E-state index is 0.153. The van der Waals surface area contributed by atoms with Gasteiger partial charge >= 0.3 is 0 Å². The summed E-state index contributed by atoms with van der Waals surface area (Å²) >= 11 is 6.30. The van der Waals surface area contributed by atoms with Gasteiger partial charge in [0.05, 0.1) is 12.6 Å². The number of aromatic amines is 1. The number of rotatable bonds is 5. The van der Waals surface area contributed by atoms with Crippen molar-refractivity contribution in [3.05, 3.63) is 74.8 Å². The van der Waals surface area contributed by atoms with Gasteiger partial charge in [0.1, 0.15) is 11.8 Å². The molecule has 0 unspecified atom stereocenters. The Morgan fingerprint density at radius 3 is 2.51 bits per heavy atom. The smallest absolute Gasteiger partial charge is 0.253 e. The van der Waals surface area contributed by atoms with Crippen molar-refractivity contribution in [2.45, 2.75) is 39.3 Å². The first-order valence-electron chi connectivity index (χ1n) is 12.4. The highest BCUT2D eigenvalue weighted by Gasteiger charge is 2.35. The van der Waals surface area contributed by atoms with Crippen LogP contribution in [0.4, 0.5) is 5.69 Å². The maximum atomic E-state index is 13.5. The van der Waals surface area contributed by atoms with Gasteiger partial charge in [-0.05, 0) is 80.1 Å². The summed E-state index contributed by atoms with van der Waals surface area (Å²) in [6.45, 7) is 11.3. The second kappa shape index (κ2) is 9.79. The molecule has 5 rings (SSSR count). The number of piperazine rings is 1. The summed E-state index contributed by atoms with van der Waals surface area (Å²) in [5, 5.41) is 14.4. The predicted octanol–water partition coefficient (Wildman–Crippen LogP) is 4.15. The Bertz CT molecular complexity index is 1480. The maximum absolute atomic E-state index is 13.5. The lowest BCUT2D eigenvalue weighted by Gasteiger charge is -2.40. The van der Waals surface area contributed by atoms with Gasteiger partial charge in [-0.25, -0.2) is 4.68 Å². The zero-order valence-electron chi connectivity index (χ0n) is 21.8. The minimum atomic E-state index is -0.420. The quantitative estimate of drug-likeness (QED) is 0.421. The molecule has 1 atom stereocenters. The number of hydrogen-bond donors (Lipinski definition) is 1. The number of hydrogen-bond acceptors (Lipinski definition) is 7. The summed E-state index contributed by atoms with van der Waals surface area (Å²) < 4.78 is 7.24. The highest BCUT2D eigenvalue weighted by molar-refractivity contribution is 6.30. The van der Waals surface area contributed by atoms with E-state index in [1.54, 1.807) is 7.11 Å². The Hall–Kier alpha value is -3.43. The van der Waals surface area contributed by atoms with Crippen LogP contribution in [0.25, 0.3) is 10.9 Å². The number of H-pyrrole nitrogens is 1. The van der Waals surface area contributed by atoms with Crippen molar-refractivity contribution in [3.8, 4) is 5.75 Å². The number of nitrogens with one attached hydrogen (secondary N) is 1. The predicted molar refractivity (Wildman–Crippen MR) is 146 cm³/mol. The molecule has 9 nitrogen and oxygen atoms in total. The fourth-order valence-corrected chi connectivity index (χ4v) is 5.18. The van der Waals surface area contributed by atoms with Crippen LogP contribution in [0.1, 0.15) is 43.8 Å².